The van der Waals surface area contributed by atoms with Gasteiger partial charge in [0.25, 0.3) is 0 Å². The Kier molecular flexibility index (Phi) is 4.68. The van der Waals surface area contributed by atoms with Crippen molar-refractivity contribution in [3.8, 4) is 6.19 Å². The van der Waals surface area contributed by atoms with Crippen molar-refractivity contribution in [3.05, 3.63) is 11.6 Å². The van der Waals surface area contributed by atoms with Crippen molar-refractivity contribution >= 4 is 22.4 Å². The summed E-state index contributed by atoms with van der Waals surface area (Å²) in [7, 11) is 0. The van der Waals surface area contributed by atoms with Crippen LogP contribution in [0.2, 0.25) is 0 Å². The smallest absolute Gasteiger partial charge is 0.243 e. The first-order valence-corrected chi connectivity index (χ1v) is 8.10. The number of hydrogen-bond donors (Lipinski definition) is 0. The fraction of sp³-hybridized carbons (Fsp3) is 0.643. The minimum atomic E-state index is -0.311. The Balaban J connectivity index is 0.000000774. The van der Waals surface area contributed by atoms with Crippen LogP contribution in [0, 0.1) is 11.5 Å². The van der Waals surface area contributed by atoms with Crippen LogP contribution in [0.25, 0.3) is 0 Å². The molecule has 1 aromatic heterocycles. The fourth-order valence-electron chi connectivity index (χ4n) is 2.95. The number of piperazine rings is 2. The molecule has 0 aromatic carbocycles. The van der Waals surface area contributed by atoms with Gasteiger partial charge in [-0.05, 0) is 6.92 Å². The molecule has 1 amide bonds. The summed E-state index contributed by atoms with van der Waals surface area (Å²) in [5.41, 5.74) is -0.311. The SMILES string of the molecule is CC.CC12CN(C#N)CC(=O)N1CCN(c1nccs1)C2. The molecule has 0 aliphatic carbocycles. The van der Waals surface area contributed by atoms with Crippen molar-refractivity contribution < 1.29 is 4.79 Å². The maximum Gasteiger partial charge on any atom is 0.243 e. The summed E-state index contributed by atoms with van der Waals surface area (Å²) < 4.78 is 0. The summed E-state index contributed by atoms with van der Waals surface area (Å²) in [5.74, 6) is 0.0501. The Morgan fingerprint density at radius 1 is 1.38 bits per heavy atom. The lowest BCUT2D eigenvalue weighted by Gasteiger charge is -2.52. The number of nitrogens with zero attached hydrogens (tertiary/aromatic N) is 5. The van der Waals surface area contributed by atoms with Crippen molar-refractivity contribution in [1.82, 2.24) is 14.8 Å². The highest BCUT2D eigenvalue weighted by atomic mass is 32.1. The number of nitriles is 1. The lowest BCUT2D eigenvalue weighted by Crippen LogP contribution is -2.70. The van der Waals surface area contributed by atoms with E-state index in [0.29, 0.717) is 13.1 Å². The monoisotopic (exact) mass is 307 g/mol. The number of fused-ring (bicyclic) bond motifs is 1. The fourth-order valence-corrected chi connectivity index (χ4v) is 3.62. The highest BCUT2D eigenvalue weighted by molar-refractivity contribution is 7.13. The largest absolute Gasteiger partial charge is 0.344 e. The third-order valence-corrected chi connectivity index (χ3v) is 4.60. The van der Waals surface area contributed by atoms with Crippen LogP contribution < -0.4 is 4.90 Å². The second kappa shape index (κ2) is 6.31. The summed E-state index contributed by atoms with van der Waals surface area (Å²) in [6.45, 7) is 9.09. The first-order chi connectivity index (χ1) is 10.1. The minimum Gasteiger partial charge on any atom is -0.344 e. The maximum atomic E-state index is 12.1. The van der Waals surface area contributed by atoms with Gasteiger partial charge in [0.05, 0.1) is 12.1 Å². The predicted molar refractivity (Wildman–Crippen MR) is 83.0 cm³/mol. The zero-order chi connectivity index (χ0) is 15.5. The van der Waals surface area contributed by atoms with Gasteiger partial charge in [-0.15, -0.1) is 11.3 Å². The Bertz CT molecular complexity index is 526. The van der Waals surface area contributed by atoms with E-state index >= 15 is 0 Å². The molecule has 0 radical (unpaired) electrons. The molecule has 2 fully saturated rings. The van der Waals surface area contributed by atoms with Crippen LogP contribution in [0.5, 0.6) is 0 Å². The van der Waals surface area contributed by atoms with Crippen LogP contribution >= 0.6 is 11.3 Å². The molecule has 0 N–H and O–H groups in total. The van der Waals surface area contributed by atoms with Gasteiger partial charge in [0.2, 0.25) is 5.91 Å². The van der Waals surface area contributed by atoms with E-state index in [1.165, 1.54) is 0 Å². The molecular weight excluding hydrogens is 286 g/mol. The van der Waals surface area contributed by atoms with Gasteiger partial charge in [0, 0.05) is 31.2 Å². The number of amides is 1. The molecule has 2 aliphatic rings. The first-order valence-electron chi connectivity index (χ1n) is 7.22. The second-order valence-corrected chi connectivity index (χ2v) is 6.11. The summed E-state index contributed by atoms with van der Waals surface area (Å²) in [4.78, 5) is 22.1. The van der Waals surface area contributed by atoms with Crippen molar-refractivity contribution in [1.29, 1.82) is 5.26 Å². The minimum absolute atomic E-state index is 0.0501. The van der Waals surface area contributed by atoms with Gasteiger partial charge in [-0.25, -0.2) is 4.98 Å². The summed E-state index contributed by atoms with van der Waals surface area (Å²) in [6, 6.07) is 0. The molecule has 0 saturated carbocycles. The summed E-state index contributed by atoms with van der Waals surface area (Å²) in [5, 5.41) is 12.0. The zero-order valence-corrected chi connectivity index (χ0v) is 13.6. The Hall–Kier alpha value is -1.81. The van der Waals surface area contributed by atoms with Gasteiger partial charge in [0.15, 0.2) is 11.3 Å². The first kappa shape index (κ1) is 15.6. The van der Waals surface area contributed by atoms with E-state index < -0.39 is 0 Å². The molecule has 21 heavy (non-hydrogen) atoms. The summed E-state index contributed by atoms with van der Waals surface area (Å²) >= 11 is 1.61. The average molecular weight is 307 g/mol. The maximum absolute atomic E-state index is 12.1. The number of aromatic nitrogens is 1. The lowest BCUT2D eigenvalue weighted by atomic mass is 9.93. The van der Waals surface area contributed by atoms with Crippen LogP contribution in [0.15, 0.2) is 11.6 Å². The van der Waals surface area contributed by atoms with Crippen LogP contribution in [0.3, 0.4) is 0 Å². The molecule has 3 rings (SSSR count). The van der Waals surface area contributed by atoms with E-state index in [-0.39, 0.29) is 18.0 Å². The van der Waals surface area contributed by atoms with E-state index in [1.54, 1.807) is 22.4 Å². The Morgan fingerprint density at radius 2 is 2.14 bits per heavy atom. The van der Waals surface area contributed by atoms with Gasteiger partial charge < -0.3 is 9.80 Å². The van der Waals surface area contributed by atoms with Crippen molar-refractivity contribution in [2.24, 2.45) is 0 Å². The molecule has 1 aromatic rings. The summed E-state index contributed by atoms with van der Waals surface area (Å²) in [6.07, 6.45) is 3.89. The number of thiazole rings is 1. The van der Waals surface area contributed by atoms with E-state index in [9.17, 15) is 4.79 Å². The number of rotatable bonds is 1. The molecular formula is C14H21N5OS. The number of anilines is 1. The topological polar surface area (TPSA) is 63.5 Å². The number of carbonyl (C=O) groups is 1. The Labute approximate surface area is 129 Å². The molecule has 2 saturated heterocycles. The zero-order valence-electron chi connectivity index (χ0n) is 12.7. The van der Waals surface area contributed by atoms with Crippen molar-refractivity contribution in [2.75, 3.05) is 37.6 Å². The normalized spacial score (nSPS) is 24.9. The highest BCUT2D eigenvalue weighted by Crippen LogP contribution is 2.30. The Morgan fingerprint density at radius 3 is 2.76 bits per heavy atom. The van der Waals surface area contributed by atoms with Gasteiger partial charge in [-0.1, -0.05) is 13.8 Å². The van der Waals surface area contributed by atoms with Crippen LogP contribution in [0.4, 0.5) is 5.13 Å². The standard InChI is InChI=1S/C12H15N5OS.C2H6/c1-12-7-15(9-13)6-10(18)17(12)4-3-16(8-12)11-14-2-5-19-11;1-2/h2,5H,3-4,6-8H2,1H3;1-2H3. The van der Waals surface area contributed by atoms with Crippen molar-refractivity contribution in [3.63, 3.8) is 0 Å². The van der Waals surface area contributed by atoms with Gasteiger partial charge >= 0.3 is 0 Å². The van der Waals surface area contributed by atoms with E-state index in [4.69, 9.17) is 5.26 Å². The number of carbonyl (C=O) groups excluding carboxylic acids is 1. The predicted octanol–water partition coefficient (Wildman–Crippen LogP) is 1.37. The average Bonchev–Trinajstić information content (AvgIpc) is 3.02. The quantitative estimate of drug-likeness (QED) is 0.733. The third-order valence-electron chi connectivity index (χ3n) is 3.77. The molecule has 1 atom stereocenters. The highest BCUT2D eigenvalue weighted by Gasteiger charge is 2.45. The van der Waals surface area contributed by atoms with Crippen molar-refractivity contribution in [2.45, 2.75) is 26.3 Å². The van der Waals surface area contributed by atoms with Crippen LogP contribution in [0.1, 0.15) is 20.8 Å². The van der Waals surface area contributed by atoms with Gasteiger partial charge in [-0.3, -0.25) is 9.69 Å². The molecule has 3 heterocycles. The molecule has 114 valence electrons. The van der Waals surface area contributed by atoms with Gasteiger partial charge in [0.1, 0.15) is 6.54 Å². The molecule has 7 heteroatoms. The molecule has 6 nitrogen and oxygen atoms in total. The molecule has 1 unspecified atom stereocenters. The van der Waals surface area contributed by atoms with E-state index in [0.717, 1.165) is 18.2 Å². The lowest BCUT2D eigenvalue weighted by molar-refractivity contribution is -0.144. The molecule has 0 spiro atoms. The number of hydrogen-bond acceptors (Lipinski definition) is 6. The second-order valence-electron chi connectivity index (χ2n) is 5.23. The molecule has 2 aliphatic heterocycles. The third kappa shape index (κ3) is 2.95. The van der Waals surface area contributed by atoms with Gasteiger partial charge in [-0.2, -0.15) is 5.26 Å². The van der Waals surface area contributed by atoms with Crippen LogP contribution in [-0.4, -0.2) is 59.0 Å². The van der Waals surface area contributed by atoms with Crippen LogP contribution in [-0.2, 0) is 4.79 Å². The van der Waals surface area contributed by atoms with E-state index in [1.807, 2.05) is 31.1 Å². The van der Waals surface area contributed by atoms with E-state index in [2.05, 4.69) is 16.1 Å². The molecule has 0 bridgehead atoms.